The number of piperidine rings is 1. The van der Waals surface area contributed by atoms with Crippen molar-refractivity contribution in [1.29, 1.82) is 0 Å². The fourth-order valence-corrected chi connectivity index (χ4v) is 3.93. The number of carbonyl (C=O) groups excluding carboxylic acids is 1. The number of rotatable bonds is 7. The number of hydrogen-bond acceptors (Lipinski definition) is 3. The molecule has 0 aromatic heterocycles. The topological polar surface area (TPSA) is 35.6 Å². The van der Waals surface area contributed by atoms with Crippen molar-refractivity contribution in [3.8, 4) is 0 Å². The van der Waals surface area contributed by atoms with Crippen LogP contribution in [-0.4, -0.2) is 48.4 Å². The average molecular weight is 329 g/mol. The number of carbonyl (C=O) groups is 1. The van der Waals surface area contributed by atoms with Crippen LogP contribution in [0.15, 0.2) is 24.3 Å². The van der Waals surface area contributed by atoms with Gasteiger partial charge in [0.25, 0.3) is 0 Å². The first-order chi connectivity index (χ1) is 11.7. The molecule has 0 bridgehead atoms. The van der Waals surface area contributed by atoms with Gasteiger partial charge in [-0.3, -0.25) is 9.69 Å². The van der Waals surface area contributed by atoms with Crippen LogP contribution >= 0.6 is 0 Å². The second-order valence-corrected chi connectivity index (χ2v) is 7.26. The second kappa shape index (κ2) is 8.63. The second-order valence-electron chi connectivity index (χ2n) is 7.26. The summed E-state index contributed by atoms with van der Waals surface area (Å²) in [7, 11) is 0. The Hall–Kier alpha value is -1.39. The zero-order valence-corrected chi connectivity index (χ0v) is 15.0. The summed E-state index contributed by atoms with van der Waals surface area (Å²) in [5, 5.41) is 3.12. The first-order valence-electron chi connectivity index (χ1n) is 9.52. The van der Waals surface area contributed by atoms with Gasteiger partial charge in [0.1, 0.15) is 0 Å². The van der Waals surface area contributed by atoms with Gasteiger partial charge in [-0.2, -0.15) is 0 Å². The minimum Gasteiger partial charge on any atom is -0.356 e. The fraction of sp³-hybridized carbons (Fsp3) is 0.650. The zero-order valence-electron chi connectivity index (χ0n) is 15.0. The Labute approximate surface area is 146 Å². The molecule has 1 aromatic rings. The monoisotopic (exact) mass is 329 g/mol. The minimum absolute atomic E-state index is 0.245. The van der Waals surface area contributed by atoms with Gasteiger partial charge >= 0.3 is 0 Å². The van der Waals surface area contributed by atoms with Gasteiger partial charge < -0.3 is 10.2 Å². The maximum absolute atomic E-state index is 12.1. The van der Waals surface area contributed by atoms with E-state index in [1.165, 1.54) is 24.0 Å². The Bertz CT molecular complexity index is 512. The molecule has 0 atom stereocenters. The van der Waals surface area contributed by atoms with Crippen LogP contribution in [0.25, 0.3) is 0 Å². The first kappa shape index (κ1) is 17.4. The summed E-state index contributed by atoms with van der Waals surface area (Å²) < 4.78 is 0. The van der Waals surface area contributed by atoms with Crippen molar-refractivity contribution in [1.82, 2.24) is 15.1 Å². The Morgan fingerprint density at radius 2 is 1.79 bits per heavy atom. The lowest BCUT2D eigenvalue weighted by atomic mass is 9.93. The molecular weight excluding hydrogens is 298 g/mol. The molecule has 0 aliphatic carbocycles. The largest absolute Gasteiger partial charge is 0.356 e. The minimum atomic E-state index is 0.245. The van der Waals surface area contributed by atoms with E-state index in [0.717, 1.165) is 52.2 Å². The van der Waals surface area contributed by atoms with Crippen LogP contribution in [0.5, 0.6) is 0 Å². The van der Waals surface area contributed by atoms with Crippen LogP contribution in [0.2, 0.25) is 0 Å². The molecule has 4 heteroatoms. The zero-order chi connectivity index (χ0) is 16.8. The molecule has 0 spiro atoms. The van der Waals surface area contributed by atoms with Gasteiger partial charge in [0, 0.05) is 32.6 Å². The molecule has 4 nitrogen and oxygen atoms in total. The van der Waals surface area contributed by atoms with Crippen LogP contribution in [0.1, 0.15) is 43.7 Å². The Morgan fingerprint density at radius 3 is 2.42 bits per heavy atom. The summed E-state index contributed by atoms with van der Waals surface area (Å²) in [6, 6.07) is 8.68. The van der Waals surface area contributed by atoms with Gasteiger partial charge in [-0.05, 0) is 55.9 Å². The van der Waals surface area contributed by atoms with E-state index in [4.69, 9.17) is 0 Å². The quantitative estimate of drug-likeness (QED) is 0.781. The number of fused-ring (bicyclic) bond motifs is 1. The molecule has 1 aromatic carbocycles. The number of amides is 1. The number of hydrogen-bond donors (Lipinski definition) is 1. The molecule has 0 unspecified atom stereocenters. The fourth-order valence-electron chi connectivity index (χ4n) is 3.93. The number of nitrogens with zero attached hydrogens (tertiary/aromatic N) is 2. The van der Waals surface area contributed by atoms with Crippen molar-refractivity contribution >= 4 is 5.91 Å². The SMILES string of the molecule is CCN1CCC(CC(=O)NCCCN2Cc3ccccc3C2)CC1. The molecule has 1 saturated heterocycles. The summed E-state index contributed by atoms with van der Waals surface area (Å²) in [6.45, 7) is 9.64. The highest BCUT2D eigenvalue weighted by Crippen LogP contribution is 2.22. The standard InChI is InChI=1S/C20H31N3O/c1-2-22-12-8-17(9-13-22)14-20(24)21-10-5-11-23-15-18-6-3-4-7-19(18)16-23/h3-4,6-7,17H,2,5,8-16H2,1H3,(H,21,24). The van der Waals surface area contributed by atoms with E-state index < -0.39 is 0 Å². The maximum atomic E-state index is 12.1. The normalized spacial score (nSPS) is 19.4. The molecule has 0 radical (unpaired) electrons. The van der Waals surface area contributed by atoms with Crippen molar-refractivity contribution in [2.45, 2.75) is 45.7 Å². The molecule has 2 aliphatic heterocycles. The van der Waals surface area contributed by atoms with Crippen LogP contribution < -0.4 is 5.32 Å². The molecule has 2 heterocycles. The van der Waals surface area contributed by atoms with Crippen LogP contribution in [-0.2, 0) is 17.9 Å². The summed E-state index contributed by atoms with van der Waals surface area (Å²) in [5.74, 6) is 0.829. The molecule has 24 heavy (non-hydrogen) atoms. The predicted molar refractivity (Wildman–Crippen MR) is 97.6 cm³/mol. The van der Waals surface area contributed by atoms with Gasteiger partial charge in [-0.15, -0.1) is 0 Å². The highest BCUT2D eigenvalue weighted by Gasteiger charge is 2.21. The smallest absolute Gasteiger partial charge is 0.220 e. The van der Waals surface area contributed by atoms with Crippen molar-refractivity contribution in [2.24, 2.45) is 5.92 Å². The van der Waals surface area contributed by atoms with Gasteiger partial charge in [0.2, 0.25) is 5.91 Å². The molecule has 1 amide bonds. The Morgan fingerprint density at radius 1 is 1.12 bits per heavy atom. The highest BCUT2D eigenvalue weighted by molar-refractivity contribution is 5.76. The van der Waals surface area contributed by atoms with E-state index in [0.29, 0.717) is 12.3 Å². The van der Waals surface area contributed by atoms with E-state index in [-0.39, 0.29) is 5.91 Å². The molecule has 3 rings (SSSR count). The summed E-state index contributed by atoms with van der Waals surface area (Å²) in [4.78, 5) is 17.0. The van der Waals surface area contributed by atoms with Crippen molar-refractivity contribution in [3.05, 3.63) is 35.4 Å². The van der Waals surface area contributed by atoms with E-state index >= 15 is 0 Å². The molecule has 2 aliphatic rings. The van der Waals surface area contributed by atoms with E-state index in [1.807, 2.05) is 0 Å². The van der Waals surface area contributed by atoms with Crippen molar-refractivity contribution < 1.29 is 4.79 Å². The molecule has 1 fully saturated rings. The number of benzene rings is 1. The van der Waals surface area contributed by atoms with E-state index in [9.17, 15) is 4.79 Å². The number of nitrogens with one attached hydrogen (secondary N) is 1. The van der Waals surface area contributed by atoms with E-state index in [1.54, 1.807) is 0 Å². The lowest BCUT2D eigenvalue weighted by Crippen LogP contribution is -2.36. The third-order valence-corrected chi connectivity index (χ3v) is 5.51. The van der Waals surface area contributed by atoms with Crippen molar-refractivity contribution in [3.63, 3.8) is 0 Å². The third kappa shape index (κ3) is 4.81. The molecule has 1 N–H and O–H groups in total. The van der Waals surface area contributed by atoms with Crippen LogP contribution in [0.3, 0.4) is 0 Å². The Kier molecular flexibility index (Phi) is 6.27. The number of likely N-dealkylation sites (tertiary alicyclic amines) is 1. The predicted octanol–water partition coefficient (Wildman–Crippen LogP) is 2.63. The third-order valence-electron chi connectivity index (χ3n) is 5.51. The average Bonchev–Trinajstić information content (AvgIpc) is 3.02. The molecule has 132 valence electrons. The Balaban J connectivity index is 1.27. The lowest BCUT2D eigenvalue weighted by Gasteiger charge is -2.30. The summed E-state index contributed by atoms with van der Waals surface area (Å²) >= 11 is 0. The van der Waals surface area contributed by atoms with Crippen LogP contribution in [0.4, 0.5) is 0 Å². The van der Waals surface area contributed by atoms with Crippen LogP contribution in [0, 0.1) is 5.92 Å². The summed E-state index contributed by atoms with van der Waals surface area (Å²) in [6.07, 6.45) is 4.10. The highest BCUT2D eigenvalue weighted by atomic mass is 16.1. The van der Waals surface area contributed by atoms with E-state index in [2.05, 4.69) is 46.3 Å². The van der Waals surface area contributed by atoms with Crippen molar-refractivity contribution in [2.75, 3.05) is 32.7 Å². The lowest BCUT2D eigenvalue weighted by molar-refractivity contribution is -0.122. The maximum Gasteiger partial charge on any atom is 0.220 e. The summed E-state index contributed by atoms with van der Waals surface area (Å²) in [5.41, 5.74) is 2.92. The van der Waals surface area contributed by atoms with Gasteiger partial charge in [-0.25, -0.2) is 0 Å². The van der Waals surface area contributed by atoms with Gasteiger partial charge in [0.05, 0.1) is 0 Å². The molecule has 0 saturated carbocycles. The first-order valence-corrected chi connectivity index (χ1v) is 9.52. The van der Waals surface area contributed by atoms with Gasteiger partial charge in [-0.1, -0.05) is 31.2 Å². The van der Waals surface area contributed by atoms with Gasteiger partial charge in [0.15, 0.2) is 0 Å². The molecular formula is C20H31N3O.